The van der Waals surface area contributed by atoms with Gasteiger partial charge in [-0.1, -0.05) is 28.1 Å². The molecule has 2 amide bonds. The molecule has 0 radical (unpaired) electrons. The van der Waals surface area contributed by atoms with Gasteiger partial charge in [0, 0.05) is 48.8 Å². The number of carbonyl (C=O) groups excluding carboxylic acids is 2. The Hall–Kier alpha value is -4.23. The highest BCUT2D eigenvalue weighted by atomic mass is 35.5. The third kappa shape index (κ3) is 6.38. The number of aliphatic hydroxyl groups excluding tert-OH is 1. The number of aliphatic hydroxyl groups is 1. The molecule has 3 aromatic rings. The number of nitrogens with zero attached hydrogens (tertiary/aromatic N) is 5. The van der Waals surface area contributed by atoms with Crippen molar-refractivity contribution >= 4 is 80.3 Å². The van der Waals surface area contributed by atoms with E-state index in [0.29, 0.717) is 25.1 Å². The molecule has 0 aromatic carbocycles. The molecule has 0 bridgehead atoms. The van der Waals surface area contributed by atoms with Crippen molar-refractivity contribution in [1.82, 2.24) is 25.1 Å². The van der Waals surface area contributed by atoms with Crippen LogP contribution in [0.25, 0.3) is 11.0 Å². The van der Waals surface area contributed by atoms with E-state index in [1.807, 2.05) is 35.2 Å². The third-order valence-electron chi connectivity index (χ3n) is 8.02. The fraction of sp³-hybridized carbons (Fsp3) is 0.393. The van der Waals surface area contributed by atoms with Crippen molar-refractivity contribution in [3.63, 3.8) is 0 Å². The average Bonchev–Trinajstić information content (AvgIpc) is 3.73. The van der Waals surface area contributed by atoms with Crippen LogP contribution in [-0.2, 0) is 37.1 Å². The second-order valence-electron chi connectivity index (χ2n) is 11.2. The molecule has 3 aliphatic rings. The number of β-lactam (4-membered cyclic amide) rings is 1. The van der Waals surface area contributed by atoms with Gasteiger partial charge in [-0.25, -0.2) is 14.6 Å². The van der Waals surface area contributed by atoms with E-state index < -0.39 is 47.0 Å². The number of aromatic nitrogens is 3. The summed E-state index contributed by atoms with van der Waals surface area (Å²) in [7, 11) is 0. The molecule has 2 saturated heterocycles. The normalized spacial score (nSPS) is 23.4. The Kier molecular flexibility index (Phi) is 9.12. The van der Waals surface area contributed by atoms with Crippen LogP contribution in [0.15, 0.2) is 47.0 Å². The van der Waals surface area contributed by atoms with Gasteiger partial charge in [-0.2, -0.15) is 4.57 Å². The van der Waals surface area contributed by atoms with Gasteiger partial charge in [0.05, 0.1) is 6.10 Å². The monoisotopic (exact) mass is 705 g/mol. The van der Waals surface area contributed by atoms with E-state index in [-0.39, 0.29) is 45.3 Å². The second kappa shape index (κ2) is 13.1. The number of nitrogen functional groups attached to an aromatic ring is 1. The molecule has 3 aromatic heterocycles. The summed E-state index contributed by atoms with van der Waals surface area (Å²) in [6.07, 6.45) is 2.68. The molecule has 248 valence electrons. The van der Waals surface area contributed by atoms with Crippen molar-refractivity contribution in [2.75, 3.05) is 18.0 Å². The van der Waals surface area contributed by atoms with Crippen LogP contribution in [-0.4, -0.2) is 101 Å². The lowest BCUT2D eigenvalue weighted by atomic mass is 10.0. The minimum absolute atomic E-state index is 0.00538. The van der Waals surface area contributed by atoms with Crippen LogP contribution in [0.2, 0.25) is 4.34 Å². The van der Waals surface area contributed by atoms with E-state index in [2.05, 4.69) is 25.3 Å². The van der Waals surface area contributed by atoms with Crippen molar-refractivity contribution in [2.24, 2.45) is 5.16 Å². The van der Waals surface area contributed by atoms with Crippen molar-refractivity contribution in [3.05, 3.63) is 51.9 Å². The second-order valence-corrected chi connectivity index (χ2v) is 13.9. The number of β-amino-alcohol motifs (C(OH)–C–C–N with tert-alkyl or cyclic N) is 1. The molecule has 0 spiro atoms. The minimum Gasteiger partial charge on any atom is -0.478 e. The third-order valence-corrected chi connectivity index (χ3v) is 10.4. The molecular formula is C28H30ClN8O8S2+. The number of nitrogens with one attached hydrogen (secondary N) is 2. The Bertz CT molecular complexity index is 1840. The summed E-state index contributed by atoms with van der Waals surface area (Å²) in [4.78, 5) is 60.6. The van der Waals surface area contributed by atoms with Gasteiger partial charge in [-0.3, -0.25) is 14.5 Å². The number of aliphatic carboxylic acids is 2. The number of nitrogens with two attached hydrogens (primary N) is 1. The molecule has 5 atom stereocenters. The zero-order valence-corrected chi connectivity index (χ0v) is 27.1. The first-order valence-corrected chi connectivity index (χ1v) is 16.7. The summed E-state index contributed by atoms with van der Waals surface area (Å²) in [6, 6.07) is 4.81. The van der Waals surface area contributed by atoms with Crippen molar-refractivity contribution in [3.8, 4) is 0 Å². The van der Waals surface area contributed by atoms with Crippen LogP contribution < -0.4 is 20.9 Å². The Morgan fingerprint density at radius 2 is 2.13 bits per heavy atom. The highest BCUT2D eigenvalue weighted by molar-refractivity contribution is 8.00. The van der Waals surface area contributed by atoms with Crippen LogP contribution >= 0.6 is 34.7 Å². The maximum Gasteiger partial charge on any atom is 0.352 e. The van der Waals surface area contributed by atoms with E-state index in [0.717, 1.165) is 27.3 Å². The maximum absolute atomic E-state index is 13.4. The van der Waals surface area contributed by atoms with Gasteiger partial charge in [0.1, 0.15) is 32.7 Å². The molecule has 0 aliphatic carbocycles. The average molecular weight is 706 g/mol. The predicted octanol–water partition coefficient (Wildman–Crippen LogP) is -0.0237. The molecule has 47 heavy (non-hydrogen) atoms. The first kappa shape index (κ1) is 32.7. The van der Waals surface area contributed by atoms with E-state index >= 15 is 0 Å². The molecule has 0 saturated carbocycles. The number of carbonyl (C=O) groups is 4. The van der Waals surface area contributed by atoms with Crippen LogP contribution in [0.3, 0.4) is 0 Å². The summed E-state index contributed by atoms with van der Waals surface area (Å²) >= 11 is 8.33. The number of halogens is 1. The Balaban J connectivity index is 1.21. The lowest BCUT2D eigenvalue weighted by Crippen LogP contribution is -2.71. The quantitative estimate of drug-likeness (QED) is 0.0670. The molecular weight excluding hydrogens is 676 g/mol. The van der Waals surface area contributed by atoms with Crippen molar-refractivity contribution in [1.29, 1.82) is 0 Å². The summed E-state index contributed by atoms with van der Waals surface area (Å²) < 4.78 is 4.01. The largest absolute Gasteiger partial charge is 0.478 e. The number of fused-ring (bicyclic) bond motifs is 2. The number of carboxylic acid groups (broad SMARTS) is 2. The van der Waals surface area contributed by atoms with E-state index in [1.165, 1.54) is 18.7 Å². The summed E-state index contributed by atoms with van der Waals surface area (Å²) in [5, 5.41) is 38.1. The van der Waals surface area contributed by atoms with Gasteiger partial charge in [-0.05, 0) is 19.4 Å². The number of amides is 2. The van der Waals surface area contributed by atoms with Gasteiger partial charge in [0.25, 0.3) is 11.8 Å². The van der Waals surface area contributed by atoms with Gasteiger partial charge in [0.15, 0.2) is 23.6 Å². The van der Waals surface area contributed by atoms with Gasteiger partial charge >= 0.3 is 11.9 Å². The van der Waals surface area contributed by atoms with Crippen LogP contribution in [0.5, 0.6) is 0 Å². The summed E-state index contributed by atoms with van der Waals surface area (Å²) in [5.41, 5.74) is 7.25. The number of carboxylic acids is 2. The number of rotatable bonds is 11. The molecule has 7 N–H and O–H groups in total. The zero-order chi connectivity index (χ0) is 33.6. The highest BCUT2D eigenvalue weighted by Crippen LogP contribution is 2.40. The Labute approximate surface area is 279 Å². The number of hydrogen-bond donors (Lipinski definition) is 6. The van der Waals surface area contributed by atoms with Gasteiger partial charge < -0.3 is 41.1 Å². The van der Waals surface area contributed by atoms with E-state index in [4.69, 9.17) is 27.3 Å². The van der Waals surface area contributed by atoms with E-state index in [1.54, 1.807) is 0 Å². The van der Waals surface area contributed by atoms with Gasteiger partial charge in [0.2, 0.25) is 11.6 Å². The van der Waals surface area contributed by atoms with Crippen molar-refractivity contribution < 1.29 is 43.9 Å². The van der Waals surface area contributed by atoms with Gasteiger partial charge in [-0.15, -0.1) is 11.8 Å². The summed E-state index contributed by atoms with van der Waals surface area (Å²) in [5.74, 6) is -3.92. The molecule has 0 unspecified atom stereocenters. The summed E-state index contributed by atoms with van der Waals surface area (Å²) in [6.45, 7) is 2.64. The number of thioether (sulfide) groups is 1. The lowest BCUT2D eigenvalue weighted by molar-refractivity contribution is -0.663. The predicted molar refractivity (Wildman–Crippen MR) is 170 cm³/mol. The number of pyridine rings is 1. The Morgan fingerprint density at radius 3 is 2.79 bits per heavy atom. The number of anilines is 1. The topological polar surface area (TPSA) is 226 Å². The fourth-order valence-electron chi connectivity index (χ4n) is 5.74. The van der Waals surface area contributed by atoms with Crippen LogP contribution in [0.4, 0.5) is 5.13 Å². The molecule has 16 nitrogen and oxygen atoms in total. The fourth-order valence-corrected chi connectivity index (χ4v) is 8.00. The molecule has 3 aliphatic heterocycles. The minimum atomic E-state index is -1.41. The van der Waals surface area contributed by atoms with Crippen LogP contribution in [0.1, 0.15) is 19.0 Å². The standard InChI is InChI=1S/C28H29ClN8O8S2/c1-12(26(41)42)45-34-19(18-22(29)47-28(30)33-18)23(39)32-20-24(40)37-21(27(43)44)13(11-46-25(20)37)9-35-5-2-3-16-17(35)4-6-36(16)10-14-7-15(38)8-31-14/h2-6,12,14-15,20,25,31,38H,7-11H2,1H3,(H4-,30,32,33,39,41,42,43,44)/p+1/b34-19-/t12-,14-,15+,20+,25+/m0/s1. The molecule has 6 heterocycles. The number of hydrogen-bond acceptors (Lipinski definition) is 12. The number of thiazole rings is 1. The van der Waals surface area contributed by atoms with Crippen LogP contribution in [0, 0.1) is 0 Å². The highest BCUT2D eigenvalue weighted by Gasteiger charge is 2.55. The molecule has 19 heteroatoms. The maximum atomic E-state index is 13.4. The SMILES string of the molecule is C[C@H](O/N=C(\C(=O)N[C@@H]1C(=O)N2C(C(=O)O)=C(C[n+]3cccc4c3ccn4C[C@@H]3C[C@@H](O)CN3)CS[C@H]12)c1nc(N)sc1Cl)C(=O)O. The first-order chi connectivity index (χ1) is 22.4. The van der Waals surface area contributed by atoms with E-state index in [9.17, 15) is 29.4 Å². The smallest absolute Gasteiger partial charge is 0.352 e. The molecule has 6 rings (SSSR count). The molecule has 2 fully saturated rings. The van der Waals surface area contributed by atoms with Crippen molar-refractivity contribution in [2.45, 2.75) is 56.1 Å². The first-order valence-electron chi connectivity index (χ1n) is 14.4. The Morgan fingerprint density at radius 1 is 1.34 bits per heavy atom. The number of oxime groups is 1. The lowest BCUT2D eigenvalue weighted by Gasteiger charge is -2.49. The zero-order valence-electron chi connectivity index (χ0n) is 24.7.